The van der Waals surface area contributed by atoms with Crippen molar-refractivity contribution in [2.45, 2.75) is 13.5 Å². The topological polar surface area (TPSA) is 55.6 Å². The molecule has 19 heavy (non-hydrogen) atoms. The van der Waals surface area contributed by atoms with Crippen LogP contribution in [0.5, 0.6) is 0 Å². The van der Waals surface area contributed by atoms with E-state index in [9.17, 15) is 0 Å². The van der Waals surface area contributed by atoms with Crippen LogP contribution in [0.25, 0.3) is 10.2 Å². The summed E-state index contributed by atoms with van der Waals surface area (Å²) in [7, 11) is 1.91. The summed E-state index contributed by atoms with van der Waals surface area (Å²) in [6, 6.07) is 1.99. The van der Waals surface area contributed by atoms with E-state index in [0.717, 1.165) is 27.3 Å². The molecular formula is C12H12ClN5S. The van der Waals surface area contributed by atoms with Crippen molar-refractivity contribution in [3.63, 3.8) is 0 Å². The molecule has 5 nitrogen and oxygen atoms in total. The Morgan fingerprint density at radius 3 is 3.00 bits per heavy atom. The highest BCUT2D eigenvalue weighted by Crippen LogP contribution is 2.26. The van der Waals surface area contributed by atoms with Gasteiger partial charge in [-0.25, -0.2) is 9.97 Å². The molecular weight excluding hydrogens is 282 g/mol. The van der Waals surface area contributed by atoms with E-state index in [1.165, 1.54) is 0 Å². The van der Waals surface area contributed by atoms with Crippen LogP contribution in [0.4, 0.5) is 5.82 Å². The lowest BCUT2D eigenvalue weighted by atomic mass is 10.2. The Kier molecular flexibility index (Phi) is 3.12. The van der Waals surface area contributed by atoms with Crippen LogP contribution in [0.2, 0.25) is 5.28 Å². The standard InChI is InChI=1S/C12H12ClN5S/c1-7-8(6-18(2)17-7)5-14-10-9-3-4-19-11(9)16-12(13)15-10/h3-4,6H,5H2,1-2H3,(H,14,15,16). The molecule has 7 heteroatoms. The molecule has 3 aromatic heterocycles. The van der Waals surface area contributed by atoms with Crippen LogP contribution in [-0.4, -0.2) is 19.7 Å². The number of aromatic nitrogens is 4. The third-order valence-corrected chi connectivity index (χ3v) is 3.83. The third-order valence-electron chi connectivity index (χ3n) is 2.86. The lowest BCUT2D eigenvalue weighted by Gasteiger charge is -2.06. The second-order valence-electron chi connectivity index (χ2n) is 4.25. The number of thiophene rings is 1. The van der Waals surface area contributed by atoms with Crippen molar-refractivity contribution >= 4 is 39.0 Å². The van der Waals surface area contributed by atoms with Crippen molar-refractivity contribution in [3.8, 4) is 0 Å². The summed E-state index contributed by atoms with van der Waals surface area (Å²) in [6.45, 7) is 2.65. The minimum absolute atomic E-state index is 0.264. The van der Waals surface area contributed by atoms with Gasteiger partial charge >= 0.3 is 0 Å². The van der Waals surface area contributed by atoms with Crippen molar-refractivity contribution in [1.29, 1.82) is 0 Å². The van der Waals surface area contributed by atoms with Crippen LogP contribution in [0.1, 0.15) is 11.3 Å². The van der Waals surface area contributed by atoms with Gasteiger partial charge < -0.3 is 5.32 Å². The van der Waals surface area contributed by atoms with Gasteiger partial charge in [-0.1, -0.05) is 0 Å². The highest BCUT2D eigenvalue weighted by atomic mass is 35.5. The lowest BCUT2D eigenvalue weighted by Crippen LogP contribution is -2.03. The zero-order valence-electron chi connectivity index (χ0n) is 10.5. The maximum atomic E-state index is 5.93. The lowest BCUT2D eigenvalue weighted by molar-refractivity contribution is 0.756. The summed E-state index contributed by atoms with van der Waals surface area (Å²) in [5.74, 6) is 0.763. The first kappa shape index (κ1) is 12.4. The molecule has 0 unspecified atom stereocenters. The molecule has 0 radical (unpaired) electrons. The number of nitrogens with one attached hydrogen (secondary N) is 1. The zero-order chi connectivity index (χ0) is 13.4. The molecule has 3 rings (SSSR count). The molecule has 0 amide bonds. The van der Waals surface area contributed by atoms with Gasteiger partial charge in [0.2, 0.25) is 5.28 Å². The fourth-order valence-electron chi connectivity index (χ4n) is 1.97. The predicted octanol–water partition coefficient (Wildman–Crippen LogP) is 3.00. The van der Waals surface area contributed by atoms with Crippen LogP contribution >= 0.6 is 22.9 Å². The molecule has 0 aliphatic rings. The number of halogens is 1. The number of rotatable bonds is 3. The van der Waals surface area contributed by atoms with Gasteiger partial charge in [-0.05, 0) is 30.0 Å². The maximum absolute atomic E-state index is 5.93. The van der Waals surface area contributed by atoms with Gasteiger partial charge in [-0.2, -0.15) is 5.10 Å². The minimum Gasteiger partial charge on any atom is -0.365 e. The van der Waals surface area contributed by atoms with Gasteiger partial charge in [-0.15, -0.1) is 11.3 Å². The quantitative estimate of drug-likeness (QED) is 0.754. The van der Waals surface area contributed by atoms with Crippen molar-refractivity contribution in [2.24, 2.45) is 7.05 Å². The minimum atomic E-state index is 0.264. The maximum Gasteiger partial charge on any atom is 0.225 e. The van der Waals surface area contributed by atoms with E-state index >= 15 is 0 Å². The second kappa shape index (κ2) is 4.79. The Hall–Kier alpha value is -1.66. The summed E-state index contributed by atoms with van der Waals surface area (Å²) in [6.07, 6.45) is 2.00. The molecule has 0 aliphatic carbocycles. The fraction of sp³-hybridized carbons (Fsp3) is 0.250. The number of hydrogen-bond donors (Lipinski definition) is 1. The van der Waals surface area contributed by atoms with E-state index in [4.69, 9.17) is 11.6 Å². The summed E-state index contributed by atoms with van der Waals surface area (Å²) in [5, 5.41) is 10.9. The first-order valence-corrected chi connectivity index (χ1v) is 7.03. The summed E-state index contributed by atoms with van der Waals surface area (Å²) >= 11 is 7.48. The molecule has 0 aliphatic heterocycles. The highest BCUT2D eigenvalue weighted by Gasteiger charge is 2.09. The Morgan fingerprint density at radius 1 is 1.42 bits per heavy atom. The van der Waals surface area contributed by atoms with E-state index < -0.39 is 0 Å². The predicted molar refractivity (Wildman–Crippen MR) is 77.7 cm³/mol. The molecule has 0 bridgehead atoms. The molecule has 3 heterocycles. The number of fused-ring (bicyclic) bond motifs is 1. The monoisotopic (exact) mass is 293 g/mol. The van der Waals surface area contributed by atoms with Crippen molar-refractivity contribution in [3.05, 3.63) is 34.2 Å². The normalized spacial score (nSPS) is 11.1. The Morgan fingerprint density at radius 2 is 2.26 bits per heavy atom. The first-order valence-electron chi connectivity index (χ1n) is 5.77. The van der Waals surface area contributed by atoms with E-state index in [1.807, 2.05) is 31.6 Å². The van der Waals surface area contributed by atoms with Gasteiger partial charge in [0, 0.05) is 25.4 Å². The Balaban J connectivity index is 1.89. The van der Waals surface area contributed by atoms with Crippen LogP contribution < -0.4 is 5.32 Å². The summed E-state index contributed by atoms with van der Waals surface area (Å²) in [4.78, 5) is 9.33. The number of nitrogens with zero attached hydrogens (tertiary/aromatic N) is 4. The third kappa shape index (κ3) is 2.41. The molecule has 0 saturated heterocycles. The molecule has 0 spiro atoms. The number of anilines is 1. The molecule has 3 aromatic rings. The van der Waals surface area contributed by atoms with Crippen LogP contribution in [0, 0.1) is 6.92 Å². The smallest absolute Gasteiger partial charge is 0.225 e. The molecule has 1 N–H and O–H groups in total. The fourth-order valence-corrected chi connectivity index (χ4v) is 2.95. The first-order chi connectivity index (χ1) is 9.13. The Labute approximate surface area is 119 Å². The zero-order valence-corrected chi connectivity index (χ0v) is 12.1. The van der Waals surface area contributed by atoms with Gasteiger partial charge in [0.1, 0.15) is 10.6 Å². The SMILES string of the molecule is Cc1nn(C)cc1CNc1nc(Cl)nc2sccc12. The molecule has 0 aromatic carbocycles. The summed E-state index contributed by atoms with van der Waals surface area (Å²) < 4.78 is 1.81. The number of aryl methyl sites for hydroxylation is 2. The van der Waals surface area contributed by atoms with E-state index in [1.54, 1.807) is 16.0 Å². The summed E-state index contributed by atoms with van der Waals surface area (Å²) in [5.41, 5.74) is 2.15. The Bertz CT molecular complexity index is 733. The van der Waals surface area contributed by atoms with E-state index in [0.29, 0.717) is 6.54 Å². The van der Waals surface area contributed by atoms with Crippen LogP contribution in [-0.2, 0) is 13.6 Å². The van der Waals surface area contributed by atoms with Crippen molar-refractivity contribution < 1.29 is 0 Å². The average molecular weight is 294 g/mol. The van der Waals surface area contributed by atoms with Crippen molar-refractivity contribution in [1.82, 2.24) is 19.7 Å². The van der Waals surface area contributed by atoms with E-state index in [2.05, 4.69) is 20.4 Å². The molecule has 0 atom stereocenters. The van der Waals surface area contributed by atoms with Gasteiger partial charge in [0.05, 0.1) is 11.1 Å². The van der Waals surface area contributed by atoms with Gasteiger partial charge in [-0.3, -0.25) is 4.68 Å². The van der Waals surface area contributed by atoms with E-state index in [-0.39, 0.29) is 5.28 Å². The van der Waals surface area contributed by atoms with Crippen LogP contribution in [0.15, 0.2) is 17.6 Å². The largest absolute Gasteiger partial charge is 0.365 e. The van der Waals surface area contributed by atoms with Gasteiger partial charge in [0.15, 0.2) is 0 Å². The highest BCUT2D eigenvalue weighted by molar-refractivity contribution is 7.16. The number of hydrogen-bond acceptors (Lipinski definition) is 5. The average Bonchev–Trinajstić information content (AvgIpc) is 2.92. The molecule has 98 valence electrons. The van der Waals surface area contributed by atoms with Crippen LogP contribution in [0.3, 0.4) is 0 Å². The second-order valence-corrected chi connectivity index (χ2v) is 5.48. The molecule has 0 saturated carbocycles. The van der Waals surface area contributed by atoms with Gasteiger partial charge in [0.25, 0.3) is 0 Å². The van der Waals surface area contributed by atoms with Crippen molar-refractivity contribution in [2.75, 3.05) is 5.32 Å². The molecule has 0 fully saturated rings.